The molecule has 0 amide bonds. The second-order valence-corrected chi connectivity index (χ2v) is 4.74. The lowest BCUT2D eigenvalue weighted by Gasteiger charge is -2.26. The van der Waals surface area contributed by atoms with Crippen molar-refractivity contribution in [2.75, 3.05) is 40.0 Å². The molecule has 1 aliphatic heterocycles. The molecule has 1 aromatic rings. The van der Waals surface area contributed by atoms with Crippen molar-refractivity contribution in [1.82, 2.24) is 4.90 Å². The Morgan fingerprint density at radius 2 is 2.11 bits per heavy atom. The predicted octanol–water partition coefficient (Wildman–Crippen LogP) is 2.19. The Morgan fingerprint density at radius 3 is 2.79 bits per heavy atom. The van der Waals surface area contributed by atoms with E-state index in [4.69, 9.17) is 9.47 Å². The van der Waals surface area contributed by atoms with E-state index in [1.807, 2.05) is 13.1 Å². The van der Waals surface area contributed by atoms with E-state index in [9.17, 15) is 4.39 Å². The minimum atomic E-state index is -0.205. The van der Waals surface area contributed by atoms with Gasteiger partial charge in [0, 0.05) is 13.1 Å². The van der Waals surface area contributed by atoms with Gasteiger partial charge in [0.05, 0.1) is 25.9 Å². The van der Waals surface area contributed by atoms with Gasteiger partial charge in [0.1, 0.15) is 5.82 Å². The minimum Gasteiger partial charge on any atom is -0.376 e. The van der Waals surface area contributed by atoms with Gasteiger partial charge in [-0.3, -0.25) is 0 Å². The summed E-state index contributed by atoms with van der Waals surface area (Å²) >= 11 is 0. The van der Waals surface area contributed by atoms with Crippen LogP contribution >= 0.6 is 0 Å². The first-order chi connectivity index (χ1) is 9.24. The van der Waals surface area contributed by atoms with E-state index >= 15 is 0 Å². The fourth-order valence-corrected chi connectivity index (χ4v) is 2.01. The zero-order chi connectivity index (χ0) is 13.5. The van der Waals surface area contributed by atoms with Crippen LogP contribution in [-0.2, 0) is 9.47 Å². The van der Waals surface area contributed by atoms with Gasteiger partial charge >= 0.3 is 0 Å². The third kappa shape index (κ3) is 5.11. The van der Waals surface area contributed by atoms with Gasteiger partial charge in [-0.15, -0.1) is 0 Å². The number of hydrogen-bond acceptors (Lipinski definition) is 3. The van der Waals surface area contributed by atoms with Crippen LogP contribution in [0.1, 0.15) is 5.56 Å². The first-order valence-corrected chi connectivity index (χ1v) is 6.54. The Hall–Kier alpha value is -1.23. The quantitative estimate of drug-likeness (QED) is 0.814. The van der Waals surface area contributed by atoms with Crippen LogP contribution in [0, 0.1) is 5.82 Å². The number of likely N-dealkylation sites (N-methyl/N-ethyl adjacent to an activating group) is 1. The van der Waals surface area contributed by atoms with Crippen LogP contribution in [0.4, 0.5) is 4.39 Å². The standard InChI is InChI=1S/C15H20FNO2/c1-17(11-15-12-18-9-10-19-15)8-2-3-13-4-6-14(16)7-5-13/h2-7,15H,8-12H2,1H3/b3-2+. The summed E-state index contributed by atoms with van der Waals surface area (Å²) in [5, 5.41) is 0. The summed E-state index contributed by atoms with van der Waals surface area (Å²) in [7, 11) is 2.05. The molecule has 1 aliphatic rings. The lowest BCUT2D eigenvalue weighted by Crippen LogP contribution is -2.38. The average molecular weight is 265 g/mol. The van der Waals surface area contributed by atoms with Crippen molar-refractivity contribution in [3.8, 4) is 0 Å². The molecule has 1 heterocycles. The Morgan fingerprint density at radius 1 is 1.32 bits per heavy atom. The lowest BCUT2D eigenvalue weighted by atomic mass is 10.2. The van der Waals surface area contributed by atoms with Crippen molar-refractivity contribution in [1.29, 1.82) is 0 Å². The van der Waals surface area contributed by atoms with Crippen molar-refractivity contribution in [3.63, 3.8) is 0 Å². The average Bonchev–Trinajstić information content (AvgIpc) is 2.42. The number of hydrogen-bond donors (Lipinski definition) is 0. The van der Waals surface area contributed by atoms with E-state index in [1.165, 1.54) is 12.1 Å². The molecule has 4 heteroatoms. The van der Waals surface area contributed by atoms with Crippen molar-refractivity contribution in [2.45, 2.75) is 6.10 Å². The molecule has 1 unspecified atom stereocenters. The van der Waals surface area contributed by atoms with Crippen molar-refractivity contribution < 1.29 is 13.9 Å². The van der Waals surface area contributed by atoms with Crippen LogP contribution in [0.3, 0.4) is 0 Å². The molecule has 0 spiro atoms. The number of halogens is 1. The predicted molar refractivity (Wildman–Crippen MR) is 73.5 cm³/mol. The van der Waals surface area contributed by atoms with Gasteiger partial charge in [0.25, 0.3) is 0 Å². The Bertz CT molecular complexity index is 399. The molecular weight excluding hydrogens is 245 g/mol. The molecule has 0 aromatic heterocycles. The van der Waals surface area contributed by atoms with E-state index < -0.39 is 0 Å². The van der Waals surface area contributed by atoms with Crippen molar-refractivity contribution in [3.05, 3.63) is 41.7 Å². The maximum Gasteiger partial charge on any atom is 0.123 e. The third-order valence-electron chi connectivity index (χ3n) is 3.00. The van der Waals surface area contributed by atoms with Crippen LogP contribution in [0.2, 0.25) is 0 Å². The largest absolute Gasteiger partial charge is 0.376 e. The summed E-state index contributed by atoms with van der Waals surface area (Å²) in [6.07, 6.45) is 4.23. The molecule has 104 valence electrons. The van der Waals surface area contributed by atoms with Gasteiger partial charge in [-0.05, 0) is 24.7 Å². The number of benzene rings is 1. The van der Waals surface area contributed by atoms with Crippen LogP contribution < -0.4 is 0 Å². The van der Waals surface area contributed by atoms with Gasteiger partial charge < -0.3 is 14.4 Å². The van der Waals surface area contributed by atoms with Crippen LogP contribution in [0.15, 0.2) is 30.3 Å². The lowest BCUT2D eigenvalue weighted by molar-refractivity contribution is -0.0950. The molecule has 1 atom stereocenters. The smallest absolute Gasteiger partial charge is 0.123 e. The van der Waals surface area contributed by atoms with E-state index in [0.29, 0.717) is 19.8 Å². The van der Waals surface area contributed by atoms with Crippen molar-refractivity contribution >= 4 is 6.08 Å². The van der Waals surface area contributed by atoms with E-state index in [1.54, 1.807) is 12.1 Å². The van der Waals surface area contributed by atoms with Crippen LogP contribution in [-0.4, -0.2) is 51.0 Å². The first-order valence-electron chi connectivity index (χ1n) is 6.54. The first kappa shape index (κ1) is 14.2. The SMILES string of the molecule is CN(C/C=C/c1ccc(F)cc1)CC1COCCO1. The van der Waals surface area contributed by atoms with E-state index in [2.05, 4.69) is 11.0 Å². The van der Waals surface area contributed by atoms with Gasteiger partial charge in [-0.1, -0.05) is 24.3 Å². The zero-order valence-electron chi connectivity index (χ0n) is 11.2. The Balaban J connectivity index is 1.73. The summed E-state index contributed by atoms with van der Waals surface area (Å²) in [5.74, 6) is -0.205. The van der Waals surface area contributed by atoms with Crippen LogP contribution in [0.5, 0.6) is 0 Å². The highest BCUT2D eigenvalue weighted by atomic mass is 19.1. The van der Waals surface area contributed by atoms with Gasteiger partial charge in [0.2, 0.25) is 0 Å². The molecule has 0 aliphatic carbocycles. The molecule has 0 saturated carbocycles. The molecule has 0 N–H and O–H groups in total. The normalized spacial score (nSPS) is 20.3. The topological polar surface area (TPSA) is 21.7 Å². The molecule has 1 fully saturated rings. The number of rotatable bonds is 5. The maximum atomic E-state index is 12.7. The molecule has 0 bridgehead atoms. The summed E-state index contributed by atoms with van der Waals surface area (Å²) in [5.41, 5.74) is 1.01. The summed E-state index contributed by atoms with van der Waals surface area (Å²) in [6, 6.07) is 6.47. The zero-order valence-corrected chi connectivity index (χ0v) is 11.2. The third-order valence-corrected chi connectivity index (χ3v) is 3.00. The number of ether oxygens (including phenoxy) is 2. The van der Waals surface area contributed by atoms with Gasteiger partial charge in [-0.2, -0.15) is 0 Å². The van der Waals surface area contributed by atoms with E-state index in [-0.39, 0.29) is 11.9 Å². The second-order valence-electron chi connectivity index (χ2n) is 4.74. The molecule has 1 saturated heterocycles. The molecular formula is C15H20FNO2. The molecule has 19 heavy (non-hydrogen) atoms. The summed E-state index contributed by atoms with van der Waals surface area (Å²) in [6.45, 7) is 3.74. The van der Waals surface area contributed by atoms with E-state index in [0.717, 1.165) is 18.7 Å². The molecule has 3 nitrogen and oxygen atoms in total. The highest BCUT2D eigenvalue weighted by Gasteiger charge is 2.15. The maximum absolute atomic E-state index is 12.7. The van der Waals surface area contributed by atoms with Crippen LogP contribution in [0.25, 0.3) is 6.08 Å². The summed E-state index contributed by atoms with van der Waals surface area (Å²) in [4.78, 5) is 2.18. The fourth-order valence-electron chi connectivity index (χ4n) is 2.01. The summed E-state index contributed by atoms with van der Waals surface area (Å²) < 4.78 is 23.7. The minimum absolute atomic E-state index is 0.165. The molecule has 2 rings (SSSR count). The van der Waals surface area contributed by atoms with Gasteiger partial charge in [-0.25, -0.2) is 4.39 Å². The van der Waals surface area contributed by atoms with Gasteiger partial charge in [0.15, 0.2) is 0 Å². The molecule has 0 radical (unpaired) electrons. The highest BCUT2D eigenvalue weighted by molar-refractivity contribution is 5.48. The highest BCUT2D eigenvalue weighted by Crippen LogP contribution is 2.06. The Kier molecular flexibility index (Phi) is 5.51. The fraction of sp³-hybridized carbons (Fsp3) is 0.467. The monoisotopic (exact) mass is 265 g/mol. The Labute approximate surface area is 113 Å². The second kappa shape index (κ2) is 7.38. The molecule has 1 aromatic carbocycles. The number of nitrogens with zero attached hydrogens (tertiary/aromatic N) is 1. The van der Waals surface area contributed by atoms with Crippen molar-refractivity contribution in [2.24, 2.45) is 0 Å².